The second-order valence-electron chi connectivity index (χ2n) is 10.4. The van der Waals surface area contributed by atoms with Crippen LogP contribution in [0.25, 0.3) is 10.9 Å². The van der Waals surface area contributed by atoms with Gasteiger partial charge in [-0.15, -0.1) is 0 Å². The van der Waals surface area contributed by atoms with Crippen LogP contribution >= 0.6 is 0 Å². The second-order valence-corrected chi connectivity index (χ2v) is 12.1. The first-order valence-electron chi connectivity index (χ1n) is 13.5. The first-order chi connectivity index (χ1) is 18.9. The number of hydrogen-bond acceptors (Lipinski definition) is 11. The molecule has 0 aromatic carbocycles. The van der Waals surface area contributed by atoms with E-state index in [2.05, 4.69) is 30.2 Å². The number of nitrogens with zero attached hydrogens (tertiary/aromatic N) is 5. The highest BCUT2D eigenvalue weighted by atomic mass is 32.2. The maximum absolute atomic E-state index is 11.8. The molecule has 39 heavy (non-hydrogen) atoms. The molecule has 13 heteroatoms. The quantitative estimate of drug-likeness (QED) is 0.395. The molecule has 0 amide bonds. The minimum atomic E-state index is -3.44. The van der Waals surface area contributed by atoms with Crippen LogP contribution in [-0.4, -0.2) is 79.6 Å². The van der Waals surface area contributed by atoms with E-state index in [1.165, 1.54) is 11.8 Å². The van der Waals surface area contributed by atoms with Crippen molar-refractivity contribution >= 4 is 38.4 Å². The molecule has 0 spiro atoms. The first-order valence-corrected chi connectivity index (χ1v) is 15.4. The van der Waals surface area contributed by atoms with E-state index in [-0.39, 0.29) is 12.1 Å². The molecular formula is C26H34N8O4S. The molecule has 2 fully saturated rings. The van der Waals surface area contributed by atoms with Crippen molar-refractivity contribution in [2.75, 3.05) is 54.0 Å². The molecule has 208 valence electrons. The number of nitrogens with one attached hydrogen (secondary N) is 3. The van der Waals surface area contributed by atoms with Gasteiger partial charge in [-0.05, 0) is 50.3 Å². The molecule has 0 bridgehead atoms. The van der Waals surface area contributed by atoms with Gasteiger partial charge in [-0.3, -0.25) is 9.71 Å². The van der Waals surface area contributed by atoms with Crippen molar-refractivity contribution in [3.63, 3.8) is 0 Å². The zero-order chi connectivity index (χ0) is 26.8. The van der Waals surface area contributed by atoms with Crippen LogP contribution in [0.3, 0.4) is 0 Å². The molecule has 0 unspecified atom stereocenters. The first kappa shape index (κ1) is 26.0. The van der Waals surface area contributed by atoms with Gasteiger partial charge >= 0.3 is 0 Å². The van der Waals surface area contributed by atoms with Crippen molar-refractivity contribution in [3.8, 4) is 5.88 Å². The highest BCUT2D eigenvalue weighted by molar-refractivity contribution is 7.92. The maximum Gasteiger partial charge on any atom is 0.229 e. The second kappa shape index (κ2) is 11.1. The summed E-state index contributed by atoms with van der Waals surface area (Å²) in [5.74, 6) is 1.94. The van der Waals surface area contributed by atoms with Crippen LogP contribution in [-0.2, 0) is 27.7 Å². The SMILES string of the molecule is CS(=O)(=O)Nc1cnc2cc(N3CCOCC3)nc(O[C@H]3CC[C@@H](Nc4ncc5c(n4)CNCC5)CC3)c2c1. The molecular weight excluding hydrogens is 520 g/mol. The number of pyridine rings is 2. The van der Waals surface area contributed by atoms with E-state index in [9.17, 15) is 8.42 Å². The Morgan fingerprint density at radius 2 is 1.90 bits per heavy atom. The summed E-state index contributed by atoms with van der Waals surface area (Å²) < 4.78 is 38.1. The molecule has 3 aromatic rings. The van der Waals surface area contributed by atoms with E-state index in [0.717, 1.165) is 76.1 Å². The van der Waals surface area contributed by atoms with Crippen LogP contribution in [0, 0.1) is 0 Å². The predicted molar refractivity (Wildman–Crippen MR) is 149 cm³/mol. The van der Waals surface area contributed by atoms with Gasteiger partial charge < -0.3 is 25.0 Å². The van der Waals surface area contributed by atoms with E-state index < -0.39 is 10.0 Å². The Kier molecular flexibility index (Phi) is 7.36. The molecule has 2 aliphatic heterocycles. The Bertz CT molecular complexity index is 1440. The summed E-state index contributed by atoms with van der Waals surface area (Å²) in [5, 5.41) is 7.55. The van der Waals surface area contributed by atoms with Crippen LogP contribution < -0.4 is 25.0 Å². The molecule has 3 aromatic heterocycles. The van der Waals surface area contributed by atoms with Gasteiger partial charge in [0.25, 0.3) is 0 Å². The topological polar surface area (TPSA) is 143 Å². The van der Waals surface area contributed by atoms with Gasteiger partial charge in [0.05, 0.1) is 48.0 Å². The Balaban J connectivity index is 1.18. The monoisotopic (exact) mass is 554 g/mol. The Morgan fingerprint density at radius 3 is 2.69 bits per heavy atom. The number of hydrogen-bond donors (Lipinski definition) is 3. The fourth-order valence-corrected chi connectivity index (χ4v) is 5.90. The predicted octanol–water partition coefficient (Wildman–Crippen LogP) is 2.08. The van der Waals surface area contributed by atoms with Crippen molar-refractivity contribution in [2.45, 2.75) is 50.8 Å². The van der Waals surface area contributed by atoms with E-state index in [0.29, 0.717) is 41.6 Å². The lowest BCUT2D eigenvalue weighted by Crippen LogP contribution is -2.37. The highest BCUT2D eigenvalue weighted by Crippen LogP contribution is 2.33. The number of anilines is 3. The molecule has 0 radical (unpaired) electrons. The van der Waals surface area contributed by atoms with Crippen LogP contribution in [0.2, 0.25) is 0 Å². The molecule has 1 aliphatic carbocycles. The van der Waals surface area contributed by atoms with E-state index in [1.54, 1.807) is 6.07 Å². The Labute approximate surface area is 228 Å². The van der Waals surface area contributed by atoms with Crippen molar-refractivity contribution in [1.82, 2.24) is 25.3 Å². The molecule has 3 N–H and O–H groups in total. The van der Waals surface area contributed by atoms with E-state index in [4.69, 9.17) is 19.4 Å². The number of morpholine rings is 1. The van der Waals surface area contributed by atoms with Gasteiger partial charge in [-0.2, -0.15) is 4.98 Å². The maximum atomic E-state index is 11.8. The Hall–Kier alpha value is -3.29. The number of sulfonamides is 1. The third-order valence-corrected chi connectivity index (χ3v) is 7.98. The van der Waals surface area contributed by atoms with Gasteiger partial charge in [-0.1, -0.05) is 0 Å². The summed E-state index contributed by atoms with van der Waals surface area (Å²) in [7, 11) is -3.44. The lowest BCUT2D eigenvalue weighted by molar-refractivity contribution is 0.122. The standard InChI is InChI=1S/C26H34N8O4S/c1-39(35,36)33-19-12-21-22(28-15-19)13-24(34-8-10-37-11-9-34)32-25(21)38-20-4-2-18(3-5-20)30-26-29-14-17-6-7-27-16-23(17)31-26/h12-15,18,20,27,33H,2-11,16H2,1H3,(H,29,30,31)/t18-,20+. The van der Waals surface area contributed by atoms with Gasteiger partial charge in [0.1, 0.15) is 11.9 Å². The minimum absolute atomic E-state index is 0.0149. The molecule has 6 rings (SSSR count). The molecule has 1 saturated heterocycles. The molecule has 0 atom stereocenters. The van der Waals surface area contributed by atoms with Crippen LogP contribution in [0.1, 0.15) is 36.9 Å². The molecule has 12 nitrogen and oxygen atoms in total. The van der Waals surface area contributed by atoms with E-state index in [1.807, 2.05) is 12.3 Å². The van der Waals surface area contributed by atoms with Gasteiger partial charge in [0.2, 0.25) is 21.9 Å². The van der Waals surface area contributed by atoms with Crippen molar-refractivity contribution < 1.29 is 17.9 Å². The molecule has 3 aliphatic rings. The number of rotatable bonds is 7. The largest absolute Gasteiger partial charge is 0.474 e. The highest BCUT2D eigenvalue weighted by Gasteiger charge is 2.26. The fourth-order valence-electron chi connectivity index (χ4n) is 5.36. The third-order valence-electron chi connectivity index (χ3n) is 7.37. The average molecular weight is 555 g/mol. The summed E-state index contributed by atoms with van der Waals surface area (Å²) in [5.41, 5.74) is 3.38. The van der Waals surface area contributed by atoms with Crippen LogP contribution in [0.4, 0.5) is 17.5 Å². The molecule has 1 saturated carbocycles. The van der Waals surface area contributed by atoms with E-state index >= 15 is 0 Å². The zero-order valence-corrected chi connectivity index (χ0v) is 22.8. The van der Waals surface area contributed by atoms with Crippen molar-refractivity contribution in [1.29, 1.82) is 0 Å². The summed E-state index contributed by atoms with van der Waals surface area (Å²) in [4.78, 5) is 20.8. The molecule has 5 heterocycles. The summed E-state index contributed by atoms with van der Waals surface area (Å²) in [6, 6.07) is 3.94. The average Bonchev–Trinajstić information content (AvgIpc) is 2.94. The van der Waals surface area contributed by atoms with Gasteiger partial charge in [0.15, 0.2) is 0 Å². The van der Waals surface area contributed by atoms with Crippen molar-refractivity contribution in [3.05, 3.63) is 35.8 Å². The number of aromatic nitrogens is 4. The lowest BCUT2D eigenvalue weighted by atomic mass is 9.93. The zero-order valence-electron chi connectivity index (χ0n) is 22.0. The fraction of sp³-hybridized carbons (Fsp3) is 0.538. The summed E-state index contributed by atoms with van der Waals surface area (Å²) in [6.07, 6.45) is 9.08. The minimum Gasteiger partial charge on any atom is -0.474 e. The smallest absolute Gasteiger partial charge is 0.229 e. The van der Waals surface area contributed by atoms with Crippen molar-refractivity contribution in [2.24, 2.45) is 0 Å². The van der Waals surface area contributed by atoms with Crippen LogP contribution in [0.15, 0.2) is 24.5 Å². The van der Waals surface area contributed by atoms with Gasteiger partial charge in [-0.25, -0.2) is 18.4 Å². The number of ether oxygens (including phenoxy) is 2. The Morgan fingerprint density at radius 1 is 1.08 bits per heavy atom. The van der Waals surface area contributed by atoms with Crippen LogP contribution in [0.5, 0.6) is 5.88 Å². The normalized spacial score (nSPS) is 21.8. The summed E-state index contributed by atoms with van der Waals surface area (Å²) in [6.45, 7) is 4.52. The summed E-state index contributed by atoms with van der Waals surface area (Å²) >= 11 is 0. The lowest BCUT2D eigenvalue weighted by Gasteiger charge is -2.31. The number of fused-ring (bicyclic) bond motifs is 2. The third kappa shape index (κ3) is 6.31. The van der Waals surface area contributed by atoms with Gasteiger partial charge in [0, 0.05) is 37.9 Å².